The van der Waals surface area contributed by atoms with E-state index in [1.54, 1.807) is 0 Å². The zero-order valence-electron chi connectivity index (χ0n) is 15.8. The number of benzene rings is 1. The van der Waals surface area contributed by atoms with Crippen molar-refractivity contribution in [3.05, 3.63) is 35.4 Å². The Morgan fingerprint density at radius 1 is 1.24 bits per heavy atom. The molecular formula is C21H33ClN2O. The summed E-state index contributed by atoms with van der Waals surface area (Å²) in [5, 5.41) is 6.77. The summed E-state index contributed by atoms with van der Waals surface area (Å²) >= 11 is 0. The number of hydrogen-bond donors (Lipinski definition) is 2. The lowest BCUT2D eigenvalue weighted by Gasteiger charge is -2.26. The third-order valence-corrected chi connectivity index (χ3v) is 5.95. The predicted molar refractivity (Wildman–Crippen MR) is 106 cm³/mol. The lowest BCUT2D eigenvalue weighted by molar-refractivity contribution is -0.124. The lowest BCUT2D eigenvalue weighted by Crippen LogP contribution is -2.36. The average molecular weight is 365 g/mol. The Morgan fingerprint density at radius 3 is 2.44 bits per heavy atom. The molecule has 1 aliphatic heterocycles. The van der Waals surface area contributed by atoms with Gasteiger partial charge < -0.3 is 10.6 Å². The fourth-order valence-electron chi connectivity index (χ4n) is 4.26. The van der Waals surface area contributed by atoms with Crippen LogP contribution < -0.4 is 10.6 Å². The molecule has 1 aliphatic carbocycles. The van der Waals surface area contributed by atoms with E-state index in [2.05, 4.69) is 55.7 Å². The molecule has 140 valence electrons. The lowest BCUT2D eigenvalue weighted by atomic mass is 9.91. The van der Waals surface area contributed by atoms with Gasteiger partial charge in [-0.1, -0.05) is 51.5 Å². The SMILES string of the molecule is CCCc1ccc(C(NC(=O)C2CC23CCNCC3)C(C)C)cc1.Cl. The summed E-state index contributed by atoms with van der Waals surface area (Å²) < 4.78 is 0. The zero-order chi connectivity index (χ0) is 17.2. The van der Waals surface area contributed by atoms with Gasteiger partial charge in [-0.05, 0) is 61.2 Å². The maximum absolute atomic E-state index is 12.8. The Hall–Kier alpha value is -1.06. The van der Waals surface area contributed by atoms with Gasteiger partial charge in [-0.15, -0.1) is 12.4 Å². The normalized spacial score (nSPS) is 22.3. The third-order valence-electron chi connectivity index (χ3n) is 5.95. The van der Waals surface area contributed by atoms with Crippen molar-refractivity contribution < 1.29 is 4.79 Å². The molecule has 4 heteroatoms. The Kier molecular flexibility index (Phi) is 6.93. The Bertz CT molecular complexity index is 564. The van der Waals surface area contributed by atoms with E-state index in [9.17, 15) is 4.79 Å². The van der Waals surface area contributed by atoms with Crippen LogP contribution in [0.3, 0.4) is 0 Å². The highest BCUT2D eigenvalue weighted by Crippen LogP contribution is 2.58. The average Bonchev–Trinajstić information content (AvgIpc) is 3.27. The minimum absolute atomic E-state index is 0. The summed E-state index contributed by atoms with van der Waals surface area (Å²) in [5.74, 6) is 0.905. The fourth-order valence-corrected chi connectivity index (χ4v) is 4.26. The van der Waals surface area contributed by atoms with Gasteiger partial charge in [-0.2, -0.15) is 0 Å². The topological polar surface area (TPSA) is 41.1 Å². The van der Waals surface area contributed by atoms with Crippen molar-refractivity contribution in [3.63, 3.8) is 0 Å². The van der Waals surface area contributed by atoms with Crippen LogP contribution in [0.1, 0.15) is 63.6 Å². The molecule has 2 fully saturated rings. The van der Waals surface area contributed by atoms with Crippen molar-refractivity contribution in [2.24, 2.45) is 17.3 Å². The van der Waals surface area contributed by atoms with E-state index in [1.807, 2.05) is 0 Å². The van der Waals surface area contributed by atoms with E-state index in [4.69, 9.17) is 0 Å². The van der Waals surface area contributed by atoms with Crippen LogP contribution in [0.25, 0.3) is 0 Å². The first-order chi connectivity index (χ1) is 11.6. The van der Waals surface area contributed by atoms with E-state index in [0.717, 1.165) is 38.8 Å². The highest BCUT2D eigenvalue weighted by molar-refractivity contribution is 5.85. The van der Waals surface area contributed by atoms with E-state index in [-0.39, 0.29) is 30.3 Å². The van der Waals surface area contributed by atoms with Gasteiger partial charge in [-0.3, -0.25) is 4.79 Å². The number of rotatable bonds is 6. The van der Waals surface area contributed by atoms with Crippen LogP contribution in [0.2, 0.25) is 0 Å². The zero-order valence-corrected chi connectivity index (χ0v) is 16.6. The van der Waals surface area contributed by atoms with E-state index >= 15 is 0 Å². The molecule has 1 aromatic carbocycles. The van der Waals surface area contributed by atoms with Gasteiger partial charge in [0.15, 0.2) is 0 Å². The molecule has 1 amide bonds. The second kappa shape index (κ2) is 8.55. The van der Waals surface area contributed by atoms with Crippen LogP contribution in [0, 0.1) is 17.3 Å². The number of aryl methyl sites for hydroxylation is 1. The van der Waals surface area contributed by atoms with Crippen molar-refractivity contribution >= 4 is 18.3 Å². The largest absolute Gasteiger partial charge is 0.349 e. The number of piperidine rings is 1. The van der Waals surface area contributed by atoms with E-state index < -0.39 is 0 Å². The van der Waals surface area contributed by atoms with Crippen molar-refractivity contribution in [2.45, 2.75) is 58.9 Å². The van der Waals surface area contributed by atoms with E-state index in [1.165, 1.54) is 17.5 Å². The van der Waals surface area contributed by atoms with Gasteiger partial charge in [0.2, 0.25) is 5.91 Å². The molecule has 3 nitrogen and oxygen atoms in total. The molecule has 0 bridgehead atoms. The van der Waals surface area contributed by atoms with Crippen LogP contribution in [0.4, 0.5) is 0 Å². The predicted octanol–water partition coefficient (Wildman–Crippen LogP) is 4.26. The van der Waals surface area contributed by atoms with Crippen LogP contribution in [0.5, 0.6) is 0 Å². The molecule has 2 unspecified atom stereocenters. The molecule has 3 rings (SSSR count). The first kappa shape index (κ1) is 20.3. The number of halogens is 1. The van der Waals surface area contributed by atoms with Crippen molar-refractivity contribution in [3.8, 4) is 0 Å². The summed E-state index contributed by atoms with van der Waals surface area (Å²) in [5.41, 5.74) is 2.92. The molecule has 1 spiro atoms. The van der Waals surface area contributed by atoms with Gasteiger partial charge >= 0.3 is 0 Å². The first-order valence-corrected chi connectivity index (χ1v) is 9.65. The minimum atomic E-state index is 0. The number of nitrogens with one attached hydrogen (secondary N) is 2. The number of carbonyl (C=O) groups excluding carboxylic acids is 1. The molecule has 2 atom stereocenters. The molecular weight excluding hydrogens is 332 g/mol. The van der Waals surface area contributed by atoms with Crippen LogP contribution in [-0.4, -0.2) is 19.0 Å². The van der Waals surface area contributed by atoms with E-state index in [0.29, 0.717) is 11.3 Å². The van der Waals surface area contributed by atoms with Crippen LogP contribution in [-0.2, 0) is 11.2 Å². The molecule has 1 aromatic rings. The van der Waals surface area contributed by atoms with Gasteiger partial charge in [0.25, 0.3) is 0 Å². The van der Waals surface area contributed by atoms with Crippen molar-refractivity contribution in [1.29, 1.82) is 0 Å². The Labute approximate surface area is 158 Å². The monoisotopic (exact) mass is 364 g/mol. The van der Waals surface area contributed by atoms with Gasteiger partial charge in [0, 0.05) is 5.92 Å². The standard InChI is InChI=1S/C21H32N2O.ClH/c1-4-5-16-6-8-17(9-7-16)19(15(2)3)23-20(24)18-14-21(18)10-12-22-13-11-21;/h6-9,15,18-19,22H,4-5,10-14H2,1-3H3,(H,23,24);1H. The first-order valence-electron chi connectivity index (χ1n) is 9.65. The Balaban J connectivity index is 0.00000225. The molecule has 0 aromatic heterocycles. The quantitative estimate of drug-likeness (QED) is 0.791. The van der Waals surface area contributed by atoms with Crippen LogP contribution >= 0.6 is 12.4 Å². The molecule has 2 N–H and O–H groups in total. The number of hydrogen-bond acceptors (Lipinski definition) is 2. The molecule has 1 saturated heterocycles. The maximum Gasteiger partial charge on any atom is 0.224 e. The van der Waals surface area contributed by atoms with Crippen molar-refractivity contribution in [2.75, 3.05) is 13.1 Å². The number of carbonyl (C=O) groups is 1. The third kappa shape index (κ3) is 4.57. The maximum atomic E-state index is 12.8. The molecule has 25 heavy (non-hydrogen) atoms. The minimum Gasteiger partial charge on any atom is -0.349 e. The summed E-state index contributed by atoms with van der Waals surface area (Å²) in [6.45, 7) is 8.72. The second-order valence-corrected chi connectivity index (χ2v) is 8.09. The number of amides is 1. The van der Waals surface area contributed by atoms with Crippen molar-refractivity contribution in [1.82, 2.24) is 10.6 Å². The Morgan fingerprint density at radius 2 is 1.88 bits per heavy atom. The molecule has 1 heterocycles. The summed E-state index contributed by atoms with van der Waals surface area (Å²) in [6, 6.07) is 8.94. The summed E-state index contributed by atoms with van der Waals surface area (Å²) in [6.07, 6.45) is 5.69. The fraction of sp³-hybridized carbons (Fsp3) is 0.667. The second-order valence-electron chi connectivity index (χ2n) is 8.09. The molecule has 2 aliphatic rings. The summed E-state index contributed by atoms with van der Waals surface area (Å²) in [4.78, 5) is 12.8. The van der Waals surface area contributed by atoms with Gasteiger partial charge in [0.05, 0.1) is 6.04 Å². The molecule has 0 radical (unpaired) electrons. The van der Waals surface area contributed by atoms with Crippen LogP contribution in [0.15, 0.2) is 24.3 Å². The van der Waals surface area contributed by atoms with Gasteiger partial charge in [-0.25, -0.2) is 0 Å². The molecule has 1 saturated carbocycles. The summed E-state index contributed by atoms with van der Waals surface area (Å²) in [7, 11) is 0. The smallest absolute Gasteiger partial charge is 0.224 e. The highest BCUT2D eigenvalue weighted by Gasteiger charge is 2.57. The van der Waals surface area contributed by atoms with Gasteiger partial charge in [0.1, 0.15) is 0 Å². The highest BCUT2D eigenvalue weighted by atomic mass is 35.5.